The maximum Gasteiger partial charge on any atom is 0.322 e. The molecule has 5 nitrogen and oxygen atoms in total. The highest BCUT2D eigenvalue weighted by molar-refractivity contribution is 5.90. The molecular formula is C21H24N2O3. The van der Waals surface area contributed by atoms with E-state index in [-0.39, 0.29) is 12.1 Å². The Morgan fingerprint density at radius 3 is 2.69 bits per heavy atom. The first-order chi connectivity index (χ1) is 12.8. The van der Waals surface area contributed by atoms with E-state index in [9.17, 15) is 4.79 Å². The third-order valence-corrected chi connectivity index (χ3v) is 5.00. The highest BCUT2D eigenvalue weighted by atomic mass is 16.6. The first-order valence-electron chi connectivity index (χ1n) is 9.31. The summed E-state index contributed by atoms with van der Waals surface area (Å²) in [5, 5.41) is 3.03. The third kappa shape index (κ3) is 3.77. The van der Waals surface area contributed by atoms with E-state index in [2.05, 4.69) is 29.6 Å². The third-order valence-electron chi connectivity index (χ3n) is 5.00. The van der Waals surface area contributed by atoms with E-state index < -0.39 is 0 Å². The molecule has 0 saturated carbocycles. The smallest absolute Gasteiger partial charge is 0.322 e. The molecular weight excluding hydrogens is 328 g/mol. The minimum Gasteiger partial charge on any atom is -0.486 e. The van der Waals surface area contributed by atoms with Crippen LogP contribution < -0.4 is 14.8 Å². The Labute approximate surface area is 153 Å². The fourth-order valence-electron chi connectivity index (χ4n) is 3.68. The summed E-state index contributed by atoms with van der Waals surface area (Å²) in [6.45, 7) is 1.90. The largest absolute Gasteiger partial charge is 0.486 e. The molecule has 0 aliphatic carbocycles. The molecule has 2 aliphatic heterocycles. The lowest BCUT2D eigenvalue weighted by Crippen LogP contribution is -2.46. The molecule has 1 N–H and O–H groups in total. The van der Waals surface area contributed by atoms with E-state index in [0.29, 0.717) is 19.0 Å². The van der Waals surface area contributed by atoms with Crippen LogP contribution in [0.15, 0.2) is 48.5 Å². The number of anilines is 1. The number of benzene rings is 2. The van der Waals surface area contributed by atoms with E-state index in [1.807, 2.05) is 29.2 Å². The summed E-state index contributed by atoms with van der Waals surface area (Å²) in [6, 6.07) is 16.1. The van der Waals surface area contributed by atoms with Crippen LogP contribution in [0.2, 0.25) is 0 Å². The maximum absolute atomic E-state index is 12.9. The second kappa shape index (κ2) is 7.68. The van der Waals surface area contributed by atoms with Crippen LogP contribution in [0.25, 0.3) is 0 Å². The number of nitrogens with one attached hydrogen (secondary N) is 1. The molecule has 2 heterocycles. The first-order valence-corrected chi connectivity index (χ1v) is 9.31. The number of carbonyl (C=O) groups is 1. The van der Waals surface area contributed by atoms with Crippen molar-refractivity contribution in [1.29, 1.82) is 0 Å². The van der Waals surface area contributed by atoms with Gasteiger partial charge in [0.05, 0.1) is 0 Å². The van der Waals surface area contributed by atoms with Crippen molar-refractivity contribution >= 4 is 11.7 Å². The zero-order valence-corrected chi connectivity index (χ0v) is 14.8. The van der Waals surface area contributed by atoms with E-state index >= 15 is 0 Å². The number of nitrogens with zero attached hydrogens (tertiary/aromatic N) is 1. The fourth-order valence-corrected chi connectivity index (χ4v) is 3.68. The van der Waals surface area contributed by atoms with Crippen LogP contribution in [0, 0.1) is 0 Å². The summed E-state index contributed by atoms with van der Waals surface area (Å²) >= 11 is 0. The second-order valence-electron chi connectivity index (χ2n) is 6.82. The zero-order chi connectivity index (χ0) is 17.8. The Kier molecular flexibility index (Phi) is 4.95. The van der Waals surface area contributed by atoms with Crippen molar-refractivity contribution in [2.24, 2.45) is 0 Å². The van der Waals surface area contributed by atoms with E-state index in [4.69, 9.17) is 9.47 Å². The van der Waals surface area contributed by atoms with Gasteiger partial charge in [0.1, 0.15) is 13.2 Å². The highest BCUT2D eigenvalue weighted by Gasteiger charge is 2.27. The average Bonchev–Trinajstić information content (AvgIpc) is 2.69. The molecule has 2 aliphatic rings. The van der Waals surface area contributed by atoms with Gasteiger partial charge in [-0.1, -0.05) is 30.3 Å². The standard InChI is InChI=1S/C21H24N2O3/c24-21(22-17-9-10-19-20(15-17)26-13-12-25-19)23-11-5-4-8-18(23)14-16-6-2-1-3-7-16/h1-3,6-7,9-10,15,18H,4-5,8,11-14H2,(H,22,24). The van der Waals surface area contributed by atoms with Crippen LogP contribution >= 0.6 is 0 Å². The van der Waals surface area contributed by atoms with E-state index in [1.165, 1.54) is 12.0 Å². The van der Waals surface area contributed by atoms with Crippen molar-refractivity contribution in [3.8, 4) is 11.5 Å². The number of hydrogen-bond acceptors (Lipinski definition) is 3. The van der Waals surface area contributed by atoms with Gasteiger partial charge in [-0.05, 0) is 43.4 Å². The van der Waals surface area contributed by atoms with Crippen molar-refractivity contribution in [1.82, 2.24) is 4.90 Å². The highest BCUT2D eigenvalue weighted by Crippen LogP contribution is 2.33. The molecule has 1 saturated heterocycles. The van der Waals surface area contributed by atoms with Gasteiger partial charge in [0.2, 0.25) is 0 Å². The number of fused-ring (bicyclic) bond motifs is 1. The number of piperidine rings is 1. The van der Waals surface area contributed by atoms with Crippen molar-refractivity contribution < 1.29 is 14.3 Å². The normalized spacial score (nSPS) is 19.1. The molecule has 2 aromatic carbocycles. The minimum atomic E-state index is -0.0395. The van der Waals surface area contributed by atoms with Crippen molar-refractivity contribution in [2.45, 2.75) is 31.7 Å². The average molecular weight is 352 g/mol. The molecule has 0 aromatic heterocycles. The van der Waals surface area contributed by atoms with Gasteiger partial charge in [-0.25, -0.2) is 4.79 Å². The van der Waals surface area contributed by atoms with Gasteiger partial charge in [0.15, 0.2) is 11.5 Å². The maximum atomic E-state index is 12.9. The van der Waals surface area contributed by atoms with Crippen LogP contribution in [0.4, 0.5) is 10.5 Å². The molecule has 4 rings (SSSR count). The van der Waals surface area contributed by atoms with Crippen LogP contribution in [0.3, 0.4) is 0 Å². The summed E-state index contributed by atoms with van der Waals surface area (Å²) in [5.41, 5.74) is 2.01. The predicted molar refractivity (Wildman–Crippen MR) is 101 cm³/mol. The van der Waals surface area contributed by atoms with Crippen molar-refractivity contribution in [2.75, 3.05) is 25.1 Å². The predicted octanol–water partition coefficient (Wildman–Crippen LogP) is 4.09. The number of ether oxygens (including phenoxy) is 2. The number of amides is 2. The molecule has 136 valence electrons. The lowest BCUT2D eigenvalue weighted by molar-refractivity contribution is 0.162. The van der Waals surface area contributed by atoms with E-state index in [1.54, 1.807) is 0 Å². The summed E-state index contributed by atoms with van der Waals surface area (Å²) < 4.78 is 11.1. The lowest BCUT2D eigenvalue weighted by atomic mass is 9.96. The second-order valence-corrected chi connectivity index (χ2v) is 6.82. The van der Waals surface area contributed by atoms with Gasteiger partial charge in [0, 0.05) is 24.3 Å². The quantitative estimate of drug-likeness (QED) is 0.905. The Bertz CT molecular complexity index is 763. The minimum absolute atomic E-state index is 0.0395. The molecule has 5 heteroatoms. The van der Waals surface area contributed by atoms with Gasteiger partial charge in [-0.2, -0.15) is 0 Å². The van der Waals surface area contributed by atoms with Gasteiger partial charge in [-0.3, -0.25) is 0 Å². The first kappa shape index (κ1) is 16.8. The number of carbonyl (C=O) groups excluding carboxylic acids is 1. The van der Waals surface area contributed by atoms with Crippen LogP contribution in [0.1, 0.15) is 24.8 Å². The van der Waals surface area contributed by atoms with Gasteiger partial charge in [0.25, 0.3) is 0 Å². The van der Waals surface area contributed by atoms with Crippen LogP contribution in [0.5, 0.6) is 11.5 Å². The zero-order valence-electron chi connectivity index (χ0n) is 14.8. The Balaban J connectivity index is 1.45. The monoisotopic (exact) mass is 352 g/mol. The number of rotatable bonds is 3. The molecule has 1 unspecified atom stereocenters. The van der Waals surface area contributed by atoms with Gasteiger partial charge in [-0.15, -0.1) is 0 Å². The van der Waals surface area contributed by atoms with Crippen LogP contribution in [-0.4, -0.2) is 36.7 Å². The number of hydrogen-bond donors (Lipinski definition) is 1. The van der Waals surface area contributed by atoms with Crippen LogP contribution in [-0.2, 0) is 6.42 Å². The Hall–Kier alpha value is -2.69. The number of likely N-dealkylation sites (tertiary alicyclic amines) is 1. The summed E-state index contributed by atoms with van der Waals surface area (Å²) in [4.78, 5) is 14.9. The summed E-state index contributed by atoms with van der Waals surface area (Å²) in [5.74, 6) is 1.42. The number of urea groups is 1. The molecule has 2 aromatic rings. The molecule has 2 amide bonds. The van der Waals surface area contributed by atoms with E-state index in [0.717, 1.165) is 37.2 Å². The van der Waals surface area contributed by atoms with Crippen molar-refractivity contribution in [3.63, 3.8) is 0 Å². The molecule has 1 atom stereocenters. The molecule has 0 bridgehead atoms. The molecule has 0 radical (unpaired) electrons. The fraction of sp³-hybridized carbons (Fsp3) is 0.381. The summed E-state index contributed by atoms with van der Waals surface area (Å²) in [7, 11) is 0. The summed E-state index contributed by atoms with van der Waals surface area (Å²) in [6.07, 6.45) is 4.17. The van der Waals surface area contributed by atoms with Gasteiger partial charge < -0.3 is 19.7 Å². The SMILES string of the molecule is O=C(Nc1ccc2c(c1)OCCO2)N1CCCCC1Cc1ccccc1. The molecule has 0 spiro atoms. The topological polar surface area (TPSA) is 50.8 Å². The molecule has 1 fully saturated rings. The Morgan fingerprint density at radius 1 is 1.04 bits per heavy atom. The lowest BCUT2D eigenvalue weighted by Gasteiger charge is -2.36. The Morgan fingerprint density at radius 2 is 1.85 bits per heavy atom. The van der Waals surface area contributed by atoms with Crippen molar-refractivity contribution in [3.05, 3.63) is 54.1 Å². The molecule has 26 heavy (non-hydrogen) atoms. The van der Waals surface area contributed by atoms with Gasteiger partial charge >= 0.3 is 6.03 Å².